The standard InChI is InChI=1S/C17H48O9Si6/c1-18-31(19-2,20-3)16-14-28(9,10)25-30(13,24-27(7)8)26-29(11,12)15-17-32(21-4,22-5)23-6/h27H,14-17H2,1-13H3. The topological polar surface area (TPSA) is 83.1 Å². The lowest BCUT2D eigenvalue weighted by Crippen LogP contribution is -2.58. The van der Waals surface area contributed by atoms with E-state index < -0.39 is 52.1 Å². The van der Waals surface area contributed by atoms with Gasteiger partial charge in [0.1, 0.15) is 0 Å². The first-order chi connectivity index (χ1) is 14.6. The molecule has 15 heteroatoms. The highest BCUT2D eigenvalue weighted by Crippen LogP contribution is 2.31. The van der Waals surface area contributed by atoms with Crippen LogP contribution < -0.4 is 0 Å². The molecule has 0 aromatic rings. The predicted octanol–water partition coefficient (Wildman–Crippen LogP) is 3.75. The van der Waals surface area contributed by atoms with Gasteiger partial charge >= 0.3 is 26.4 Å². The van der Waals surface area contributed by atoms with Crippen LogP contribution in [-0.4, -0.2) is 94.7 Å². The largest absolute Gasteiger partial charge is 0.499 e. The van der Waals surface area contributed by atoms with Crippen molar-refractivity contribution in [1.82, 2.24) is 0 Å². The Hall–Kier alpha value is 0.941. The van der Waals surface area contributed by atoms with Crippen molar-refractivity contribution in [2.75, 3.05) is 42.7 Å². The fourth-order valence-electron chi connectivity index (χ4n) is 3.62. The molecule has 32 heavy (non-hydrogen) atoms. The Labute approximate surface area is 203 Å². The van der Waals surface area contributed by atoms with E-state index >= 15 is 0 Å². The van der Waals surface area contributed by atoms with Crippen molar-refractivity contribution in [3.8, 4) is 0 Å². The van der Waals surface area contributed by atoms with Crippen LogP contribution in [0.3, 0.4) is 0 Å². The average Bonchev–Trinajstić information content (AvgIpc) is 2.69. The molecular formula is C17H48O9Si6. The van der Waals surface area contributed by atoms with E-state index in [2.05, 4.69) is 39.3 Å². The van der Waals surface area contributed by atoms with Crippen molar-refractivity contribution < 1.29 is 38.9 Å². The quantitative estimate of drug-likeness (QED) is 0.231. The second-order valence-electron chi connectivity index (χ2n) is 9.34. The molecule has 0 aliphatic carbocycles. The molecule has 0 heterocycles. The van der Waals surface area contributed by atoms with Crippen molar-refractivity contribution in [3.63, 3.8) is 0 Å². The molecule has 0 amide bonds. The normalized spacial score (nSPS) is 14.4. The molecule has 0 aromatic heterocycles. The van der Waals surface area contributed by atoms with Gasteiger partial charge in [-0.1, -0.05) is 0 Å². The Bertz CT molecular complexity index is 476. The Balaban J connectivity index is 5.45. The van der Waals surface area contributed by atoms with Crippen molar-refractivity contribution in [1.29, 1.82) is 0 Å². The molecule has 0 spiro atoms. The highest BCUT2D eigenvalue weighted by molar-refractivity contribution is 6.88. The zero-order valence-electron chi connectivity index (χ0n) is 22.6. The van der Waals surface area contributed by atoms with E-state index in [0.29, 0.717) is 12.1 Å². The highest BCUT2D eigenvalue weighted by Gasteiger charge is 2.49. The highest BCUT2D eigenvalue weighted by atomic mass is 28.5. The lowest BCUT2D eigenvalue weighted by molar-refractivity contribution is 0.124. The van der Waals surface area contributed by atoms with Crippen molar-refractivity contribution in [2.24, 2.45) is 0 Å². The first-order valence-electron chi connectivity index (χ1n) is 11.0. The van der Waals surface area contributed by atoms with Crippen LogP contribution in [0.2, 0.25) is 70.0 Å². The number of hydrogen-bond acceptors (Lipinski definition) is 9. The SMILES string of the molecule is CO[Si](CC[Si](C)(C)O[Si](C)(O[SiH](C)C)O[Si](C)(C)CC[Si](OC)(OC)OC)(OC)OC. The molecular weight excluding hydrogens is 517 g/mol. The van der Waals surface area contributed by atoms with E-state index in [1.807, 2.05) is 6.55 Å². The van der Waals surface area contributed by atoms with Gasteiger partial charge < -0.3 is 38.9 Å². The lowest BCUT2D eigenvalue weighted by atomic mass is 10.9. The summed E-state index contributed by atoms with van der Waals surface area (Å²) in [4.78, 5) is 0. The van der Waals surface area contributed by atoms with Crippen LogP contribution in [0.15, 0.2) is 0 Å². The third kappa shape index (κ3) is 11.1. The predicted molar refractivity (Wildman–Crippen MR) is 142 cm³/mol. The van der Waals surface area contributed by atoms with E-state index in [-0.39, 0.29) is 0 Å². The molecule has 0 fully saturated rings. The fraction of sp³-hybridized carbons (Fsp3) is 1.00. The summed E-state index contributed by atoms with van der Waals surface area (Å²) in [5, 5.41) is 0. The third-order valence-corrected chi connectivity index (χ3v) is 25.7. The van der Waals surface area contributed by atoms with Crippen LogP contribution in [0.25, 0.3) is 0 Å². The minimum Gasteiger partial charge on any atom is -0.420 e. The molecule has 194 valence electrons. The zero-order chi connectivity index (χ0) is 25.3. The van der Waals surface area contributed by atoms with Gasteiger partial charge in [-0.25, -0.2) is 0 Å². The van der Waals surface area contributed by atoms with Crippen molar-refractivity contribution in [3.05, 3.63) is 0 Å². The van der Waals surface area contributed by atoms with Gasteiger partial charge in [0.2, 0.25) is 0 Å². The van der Waals surface area contributed by atoms with E-state index in [0.717, 1.165) is 12.1 Å². The summed E-state index contributed by atoms with van der Waals surface area (Å²) >= 11 is 0. The summed E-state index contributed by atoms with van der Waals surface area (Å²) in [6.07, 6.45) is 0. The molecule has 0 N–H and O–H groups in total. The van der Waals surface area contributed by atoms with Crippen LogP contribution >= 0.6 is 0 Å². The maximum absolute atomic E-state index is 6.79. The molecule has 0 atom stereocenters. The van der Waals surface area contributed by atoms with Gasteiger partial charge in [0.15, 0.2) is 25.7 Å². The van der Waals surface area contributed by atoms with Crippen LogP contribution in [0, 0.1) is 0 Å². The number of rotatable bonds is 18. The molecule has 0 rings (SSSR count). The van der Waals surface area contributed by atoms with Gasteiger partial charge in [0, 0.05) is 61.3 Å². The van der Waals surface area contributed by atoms with Crippen molar-refractivity contribution >= 4 is 52.1 Å². The van der Waals surface area contributed by atoms with E-state index in [9.17, 15) is 0 Å². The zero-order valence-corrected chi connectivity index (χ0v) is 28.7. The lowest BCUT2D eigenvalue weighted by Gasteiger charge is -2.41. The second-order valence-corrected chi connectivity index (χ2v) is 30.0. The minimum absolute atomic E-state index is 0.698. The Kier molecular flexibility index (Phi) is 14.3. The Morgan fingerprint density at radius 3 is 1.00 bits per heavy atom. The molecule has 0 saturated heterocycles. The summed E-state index contributed by atoms with van der Waals surface area (Å²) in [5.41, 5.74) is 0. The average molecular weight is 565 g/mol. The van der Waals surface area contributed by atoms with E-state index in [4.69, 9.17) is 38.9 Å². The first kappa shape index (κ1) is 32.9. The molecule has 0 aromatic carbocycles. The summed E-state index contributed by atoms with van der Waals surface area (Å²) in [5.74, 6) is 0. The minimum atomic E-state index is -2.87. The maximum atomic E-state index is 6.79. The van der Waals surface area contributed by atoms with Crippen LogP contribution in [0.1, 0.15) is 0 Å². The van der Waals surface area contributed by atoms with Crippen LogP contribution in [0.5, 0.6) is 0 Å². The maximum Gasteiger partial charge on any atom is 0.499 e. The molecule has 9 nitrogen and oxygen atoms in total. The summed E-state index contributed by atoms with van der Waals surface area (Å²) in [7, 11) is -4.05. The van der Waals surface area contributed by atoms with Gasteiger partial charge in [0.05, 0.1) is 0 Å². The van der Waals surface area contributed by atoms with Gasteiger partial charge in [-0.2, -0.15) is 0 Å². The molecule has 0 saturated carbocycles. The molecule has 0 unspecified atom stereocenters. The van der Waals surface area contributed by atoms with Gasteiger partial charge in [0.25, 0.3) is 0 Å². The summed E-state index contributed by atoms with van der Waals surface area (Å²) in [6.45, 7) is 15.1. The van der Waals surface area contributed by atoms with Gasteiger partial charge in [-0.3, -0.25) is 0 Å². The first-order valence-corrected chi connectivity index (χ1v) is 26.1. The second kappa shape index (κ2) is 13.9. The third-order valence-electron chi connectivity index (χ3n) is 5.31. The van der Waals surface area contributed by atoms with Crippen LogP contribution in [0.4, 0.5) is 0 Å². The smallest absolute Gasteiger partial charge is 0.420 e. The molecule has 0 aliphatic rings. The van der Waals surface area contributed by atoms with E-state index in [1.54, 1.807) is 42.7 Å². The number of hydrogen-bond donors (Lipinski definition) is 0. The molecule has 0 bridgehead atoms. The van der Waals surface area contributed by atoms with Gasteiger partial charge in [-0.05, 0) is 51.4 Å². The van der Waals surface area contributed by atoms with Gasteiger partial charge in [-0.15, -0.1) is 0 Å². The fourth-order valence-corrected chi connectivity index (χ4v) is 27.2. The molecule has 0 aliphatic heterocycles. The summed E-state index contributed by atoms with van der Waals surface area (Å²) < 4.78 is 53.6. The Morgan fingerprint density at radius 1 is 0.500 bits per heavy atom. The van der Waals surface area contributed by atoms with E-state index in [1.165, 1.54) is 0 Å². The molecule has 0 radical (unpaired) electrons. The monoisotopic (exact) mass is 564 g/mol. The van der Waals surface area contributed by atoms with Crippen LogP contribution in [-0.2, 0) is 38.9 Å². The Morgan fingerprint density at radius 2 is 0.781 bits per heavy atom. The summed E-state index contributed by atoms with van der Waals surface area (Å²) in [6, 6.07) is 3.06. The van der Waals surface area contributed by atoms with Crippen molar-refractivity contribution in [2.45, 2.75) is 70.0 Å².